The van der Waals surface area contributed by atoms with Gasteiger partial charge < -0.3 is 15.0 Å². The Bertz CT molecular complexity index is 777. The number of amides is 2. The van der Waals surface area contributed by atoms with Gasteiger partial charge in [-0.1, -0.05) is 6.07 Å². The average Bonchev–Trinajstić information content (AvgIpc) is 3.04. The number of nitrogens with one attached hydrogen (secondary N) is 1. The molecule has 1 aliphatic rings. The van der Waals surface area contributed by atoms with Crippen LogP contribution in [0, 0.1) is 18.7 Å². The van der Waals surface area contributed by atoms with Gasteiger partial charge in [0.15, 0.2) is 0 Å². The maximum Gasteiger partial charge on any atom is 0.317 e. The predicted octanol–water partition coefficient (Wildman–Crippen LogP) is 3.35. The van der Waals surface area contributed by atoms with Crippen molar-refractivity contribution in [2.24, 2.45) is 5.92 Å². The second-order valence-electron chi connectivity index (χ2n) is 6.98. The van der Waals surface area contributed by atoms with Crippen LogP contribution in [-0.4, -0.2) is 40.4 Å². The zero-order chi connectivity index (χ0) is 19.2. The number of urea groups is 1. The topological polar surface area (TPSA) is 59.4 Å². The Balaban J connectivity index is 1.48. The minimum Gasteiger partial charge on any atom is -0.493 e. The van der Waals surface area contributed by atoms with Crippen LogP contribution in [0.2, 0.25) is 0 Å². The third-order valence-electron chi connectivity index (χ3n) is 4.89. The summed E-state index contributed by atoms with van der Waals surface area (Å²) in [5.74, 6) is 0.469. The average molecular weight is 374 g/mol. The number of hydrogen-bond acceptors (Lipinski definition) is 3. The number of aryl methyl sites for hydroxylation is 2. The molecular formula is C20H27FN4O2. The molecule has 3 rings (SSSR count). The molecule has 1 fully saturated rings. The molecule has 0 aliphatic carbocycles. The number of carbonyl (C=O) groups excluding carboxylic acids is 1. The molecule has 146 valence electrons. The van der Waals surface area contributed by atoms with Gasteiger partial charge in [0.25, 0.3) is 0 Å². The zero-order valence-corrected chi connectivity index (χ0v) is 15.9. The van der Waals surface area contributed by atoms with Crippen LogP contribution in [0.5, 0.6) is 5.75 Å². The summed E-state index contributed by atoms with van der Waals surface area (Å²) in [7, 11) is 0. The number of aromatic nitrogens is 2. The molecule has 2 heterocycles. The Labute approximate surface area is 159 Å². The Morgan fingerprint density at radius 1 is 1.44 bits per heavy atom. The lowest BCUT2D eigenvalue weighted by Gasteiger charge is -2.32. The summed E-state index contributed by atoms with van der Waals surface area (Å²) in [6.07, 6.45) is 3.92. The minimum atomic E-state index is -0.307. The summed E-state index contributed by atoms with van der Waals surface area (Å²) in [5.41, 5.74) is 1.98. The van der Waals surface area contributed by atoms with Crippen molar-refractivity contribution < 1.29 is 13.9 Å². The van der Waals surface area contributed by atoms with Crippen LogP contribution in [0.4, 0.5) is 9.18 Å². The lowest BCUT2D eigenvalue weighted by molar-refractivity contribution is 0.137. The highest BCUT2D eigenvalue weighted by atomic mass is 19.1. The first kappa shape index (κ1) is 19.2. The van der Waals surface area contributed by atoms with Crippen LogP contribution in [-0.2, 0) is 13.1 Å². The van der Waals surface area contributed by atoms with Gasteiger partial charge in [0.05, 0.1) is 12.3 Å². The van der Waals surface area contributed by atoms with Crippen molar-refractivity contribution in [2.45, 2.75) is 39.8 Å². The van der Waals surface area contributed by atoms with E-state index in [1.165, 1.54) is 12.1 Å². The number of benzene rings is 1. The minimum absolute atomic E-state index is 0.0610. The monoisotopic (exact) mass is 374 g/mol. The van der Waals surface area contributed by atoms with Gasteiger partial charge in [-0.15, -0.1) is 0 Å². The van der Waals surface area contributed by atoms with E-state index in [9.17, 15) is 9.18 Å². The number of hydrogen-bond donors (Lipinski definition) is 1. The highest BCUT2D eigenvalue weighted by Crippen LogP contribution is 2.19. The number of ether oxygens (including phenoxy) is 1. The molecule has 1 aliphatic heterocycles. The van der Waals surface area contributed by atoms with E-state index in [0.29, 0.717) is 25.4 Å². The highest BCUT2D eigenvalue weighted by Gasteiger charge is 2.24. The number of carbonyl (C=O) groups is 1. The standard InChI is InChI=1S/C20H27FN4O2/c1-3-25-13-17(15(2)23-25)11-22-20(26)24-9-5-6-16(12-24)14-27-19-8-4-7-18(21)10-19/h4,7-8,10,13,16H,3,5-6,9,11-12,14H2,1-2H3,(H,22,26)/t16-/m1/s1. The summed E-state index contributed by atoms with van der Waals surface area (Å²) in [4.78, 5) is 14.4. The molecule has 1 aromatic heterocycles. The molecule has 0 radical (unpaired) electrons. The molecule has 2 amide bonds. The Morgan fingerprint density at radius 3 is 3.04 bits per heavy atom. The first-order valence-electron chi connectivity index (χ1n) is 9.49. The van der Waals surface area contributed by atoms with Crippen LogP contribution in [0.3, 0.4) is 0 Å². The van der Waals surface area contributed by atoms with E-state index in [2.05, 4.69) is 10.4 Å². The summed E-state index contributed by atoms with van der Waals surface area (Å²) in [5, 5.41) is 7.39. The smallest absolute Gasteiger partial charge is 0.317 e. The van der Waals surface area contributed by atoms with Gasteiger partial charge in [-0.2, -0.15) is 5.10 Å². The van der Waals surface area contributed by atoms with Crippen molar-refractivity contribution in [2.75, 3.05) is 19.7 Å². The quantitative estimate of drug-likeness (QED) is 0.844. The van der Waals surface area contributed by atoms with Crippen LogP contribution in [0.15, 0.2) is 30.5 Å². The number of nitrogens with zero attached hydrogens (tertiary/aromatic N) is 3. The lowest BCUT2D eigenvalue weighted by atomic mass is 9.99. The summed E-state index contributed by atoms with van der Waals surface area (Å²) in [6, 6.07) is 6.09. The van der Waals surface area contributed by atoms with Crippen molar-refractivity contribution in [3.63, 3.8) is 0 Å². The van der Waals surface area contributed by atoms with Crippen molar-refractivity contribution in [3.05, 3.63) is 47.5 Å². The van der Waals surface area contributed by atoms with Crippen LogP contribution in [0.25, 0.3) is 0 Å². The number of halogens is 1. The highest BCUT2D eigenvalue weighted by molar-refractivity contribution is 5.74. The second kappa shape index (κ2) is 8.88. The van der Waals surface area contributed by atoms with Gasteiger partial charge in [-0.05, 0) is 38.8 Å². The van der Waals surface area contributed by atoms with Gasteiger partial charge >= 0.3 is 6.03 Å². The van der Waals surface area contributed by atoms with Gasteiger partial charge in [-0.3, -0.25) is 4.68 Å². The van der Waals surface area contributed by atoms with E-state index in [1.807, 2.05) is 29.6 Å². The second-order valence-corrected chi connectivity index (χ2v) is 6.98. The van der Waals surface area contributed by atoms with Gasteiger partial charge in [0.1, 0.15) is 11.6 Å². The molecule has 0 bridgehead atoms. The summed E-state index contributed by atoms with van der Waals surface area (Å²) in [6.45, 7) is 7.15. The normalized spacial score (nSPS) is 17.0. The molecule has 1 atom stereocenters. The molecule has 0 saturated carbocycles. The van der Waals surface area contributed by atoms with Crippen LogP contribution < -0.4 is 10.1 Å². The number of likely N-dealkylation sites (tertiary alicyclic amines) is 1. The summed E-state index contributed by atoms with van der Waals surface area (Å²) < 4.78 is 20.8. The Hall–Kier alpha value is -2.57. The van der Waals surface area contributed by atoms with Crippen LogP contribution >= 0.6 is 0 Å². The van der Waals surface area contributed by atoms with E-state index in [1.54, 1.807) is 12.1 Å². The molecule has 1 aromatic carbocycles. The number of rotatable bonds is 6. The SMILES string of the molecule is CCn1cc(CNC(=O)N2CCC[C@@H](COc3cccc(F)c3)C2)c(C)n1. The van der Waals surface area contributed by atoms with E-state index in [4.69, 9.17) is 4.74 Å². The van der Waals surface area contributed by atoms with Crippen molar-refractivity contribution in [1.82, 2.24) is 20.0 Å². The van der Waals surface area contributed by atoms with Crippen molar-refractivity contribution in [3.8, 4) is 5.75 Å². The van der Waals surface area contributed by atoms with Gasteiger partial charge in [-0.25, -0.2) is 9.18 Å². The fourth-order valence-corrected chi connectivity index (χ4v) is 3.33. The molecule has 1 saturated heterocycles. The third-order valence-corrected chi connectivity index (χ3v) is 4.89. The Kier molecular flexibility index (Phi) is 6.32. The maximum absolute atomic E-state index is 13.2. The van der Waals surface area contributed by atoms with E-state index >= 15 is 0 Å². The Morgan fingerprint density at radius 2 is 2.30 bits per heavy atom. The zero-order valence-electron chi connectivity index (χ0n) is 15.9. The maximum atomic E-state index is 13.2. The predicted molar refractivity (Wildman–Crippen MR) is 101 cm³/mol. The van der Waals surface area contributed by atoms with Gasteiger partial charge in [0, 0.05) is 49.9 Å². The van der Waals surface area contributed by atoms with E-state index < -0.39 is 0 Å². The fraction of sp³-hybridized carbons (Fsp3) is 0.500. The fourth-order valence-electron chi connectivity index (χ4n) is 3.33. The first-order chi connectivity index (χ1) is 13.0. The molecule has 0 spiro atoms. The summed E-state index contributed by atoms with van der Waals surface area (Å²) >= 11 is 0. The molecule has 2 aromatic rings. The third kappa shape index (κ3) is 5.21. The van der Waals surface area contributed by atoms with Crippen molar-refractivity contribution >= 4 is 6.03 Å². The van der Waals surface area contributed by atoms with Gasteiger partial charge in [0.2, 0.25) is 0 Å². The molecule has 27 heavy (non-hydrogen) atoms. The molecule has 6 nitrogen and oxygen atoms in total. The van der Waals surface area contributed by atoms with E-state index in [0.717, 1.165) is 37.2 Å². The largest absolute Gasteiger partial charge is 0.493 e. The number of piperidine rings is 1. The van der Waals surface area contributed by atoms with Crippen LogP contribution in [0.1, 0.15) is 31.0 Å². The first-order valence-corrected chi connectivity index (χ1v) is 9.49. The van der Waals surface area contributed by atoms with Crippen molar-refractivity contribution in [1.29, 1.82) is 0 Å². The molecule has 1 N–H and O–H groups in total. The lowest BCUT2D eigenvalue weighted by Crippen LogP contribution is -2.46. The molecule has 7 heteroatoms. The van der Waals surface area contributed by atoms with E-state index in [-0.39, 0.29) is 17.8 Å². The molecule has 0 unspecified atom stereocenters. The molecular weight excluding hydrogens is 347 g/mol.